The lowest BCUT2D eigenvalue weighted by Crippen LogP contribution is -2.09. The summed E-state index contributed by atoms with van der Waals surface area (Å²) in [5, 5.41) is 4.50. The Kier molecular flexibility index (Phi) is 4.31. The van der Waals surface area contributed by atoms with Crippen LogP contribution in [0.15, 0.2) is 97.1 Å². The van der Waals surface area contributed by atoms with Gasteiger partial charge in [-0.05, 0) is 24.3 Å². The molecule has 0 radical (unpaired) electrons. The summed E-state index contributed by atoms with van der Waals surface area (Å²) in [6.45, 7) is 0. The second kappa shape index (κ2) is 7.07. The SMILES string of the molecule is O=C(Oc1cc(-c2ccccc2)n(-c2ccccc2)n1)c1ccccc1. The van der Waals surface area contributed by atoms with E-state index in [1.165, 1.54) is 0 Å². The fraction of sp³-hybridized carbons (Fsp3) is 0. The van der Waals surface area contributed by atoms with Gasteiger partial charge in [-0.1, -0.05) is 66.7 Å². The minimum Gasteiger partial charge on any atom is -0.402 e. The first-order valence-electron chi connectivity index (χ1n) is 8.29. The number of esters is 1. The van der Waals surface area contributed by atoms with Crippen LogP contribution in [0, 0.1) is 0 Å². The zero-order valence-corrected chi connectivity index (χ0v) is 13.9. The third-order valence-electron chi connectivity index (χ3n) is 3.96. The van der Waals surface area contributed by atoms with E-state index >= 15 is 0 Å². The van der Waals surface area contributed by atoms with Gasteiger partial charge < -0.3 is 4.74 Å². The van der Waals surface area contributed by atoms with Crippen LogP contribution in [0.1, 0.15) is 10.4 Å². The van der Waals surface area contributed by atoms with Crippen LogP contribution < -0.4 is 4.74 Å². The number of hydrogen-bond donors (Lipinski definition) is 0. The van der Waals surface area contributed by atoms with Crippen molar-refractivity contribution < 1.29 is 9.53 Å². The standard InChI is InChI=1S/C22H16N2O2/c25-22(18-12-6-2-7-13-18)26-21-16-20(17-10-4-1-5-11-17)24(23-21)19-14-8-3-9-15-19/h1-16H. The van der Waals surface area contributed by atoms with E-state index in [-0.39, 0.29) is 5.88 Å². The van der Waals surface area contributed by atoms with Crippen molar-refractivity contribution in [3.63, 3.8) is 0 Å². The summed E-state index contributed by atoms with van der Waals surface area (Å²) in [7, 11) is 0. The van der Waals surface area contributed by atoms with Gasteiger partial charge in [-0.25, -0.2) is 9.48 Å². The summed E-state index contributed by atoms with van der Waals surface area (Å²) in [5.41, 5.74) is 3.23. The number of carbonyl (C=O) groups is 1. The normalized spacial score (nSPS) is 10.5. The lowest BCUT2D eigenvalue weighted by Gasteiger charge is -2.06. The molecule has 4 aromatic rings. The van der Waals surface area contributed by atoms with Crippen LogP contribution in [0.5, 0.6) is 5.88 Å². The molecule has 4 rings (SSSR count). The maximum atomic E-state index is 12.3. The highest BCUT2D eigenvalue weighted by atomic mass is 16.5. The van der Waals surface area contributed by atoms with E-state index in [1.54, 1.807) is 35.0 Å². The van der Waals surface area contributed by atoms with E-state index in [2.05, 4.69) is 5.10 Å². The molecular weight excluding hydrogens is 324 g/mol. The quantitative estimate of drug-likeness (QED) is 0.503. The number of aromatic nitrogens is 2. The maximum absolute atomic E-state index is 12.3. The average molecular weight is 340 g/mol. The molecule has 0 N–H and O–H groups in total. The minimum absolute atomic E-state index is 0.265. The van der Waals surface area contributed by atoms with Crippen molar-refractivity contribution in [3.8, 4) is 22.8 Å². The lowest BCUT2D eigenvalue weighted by molar-refractivity contribution is 0.0727. The predicted molar refractivity (Wildman–Crippen MR) is 100 cm³/mol. The number of benzene rings is 3. The molecule has 4 nitrogen and oxygen atoms in total. The smallest absolute Gasteiger partial charge is 0.344 e. The summed E-state index contributed by atoms with van der Waals surface area (Å²) in [6, 6.07) is 30.3. The van der Waals surface area contributed by atoms with E-state index < -0.39 is 5.97 Å². The van der Waals surface area contributed by atoms with Crippen LogP contribution in [-0.4, -0.2) is 15.7 Å². The van der Waals surface area contributed by atoms with E-state index in [1.807, 2.05) is 66.7 Å². The first-order chi connectivity index (χ1) is 12.8. The first-order valence-corrected chi connectivity index (χ1v) is 8.29. The Hall–Kier alpha value is -3.66. The number of hydrogen-bond acceptors (Lipinski definition) is 3. The molecule has 0 aliphatic carbocycles. The van der Waals surface area contributed by atoms with Crippen LogP contribution in [0.25, 0.3) is 16.9 Å². The van der Waals surface area contributed by atoms with Gasteiger partial charge in [0.05, 0.1) is 16.9 Å². The zero-order valence-electron chi connectivity index (χ0n) is 13.9. The maximum Gasteiger partial charge on any atom is 0.344 e. The monoisotopic (exact) mass is 340 g/mol. The summed E-state index contributed by atoms with van der Waals surface area (Å²) in [4.78, 5) is 12.3. The fourth-order valence-corrected chi connectivity index (χ4v) is 2.72. The Bertz CT molecular complexity index is 953. The molecule has 0 amide bonds. The Morgan fingerprint density at radius 2 is 1.35 bits per heavy atom. The largest absolute Gasteiger partial charge is 0.402 e. The molecule has 0 atom stereocenters. The Labute approximate surface area is 151 Å². The molecule has 1 heterocycles. The molecule has 0 spiro atoms. The number of ether oxygens (including phenoxy) is 1. The van der Waals surface area contributed by atoms with Crippen LogP contribution in [0.4, 0.5) is 0 Å². The summed E-state index contributed by atoms with van der Waals surface area (Å²) >= 11 is 0. The molecule has 0 aliphatic rings. The van der Waals surface area contributed by atoms with Crippen molar-refractivity contribution in [1.29, 1.82) is 0 Å². The van der Waals surface area contributed by atoms with Crippen LogP contribution in [-0.2, 0) is 0 Å². The highest BCUT2D eigenvalue weighted by Crippen LogP contribution is 2.27. The van der Waals surface area contributed by atoms with Gasteiger partial charge in [0.1, 0.15) is 0 Å². The zero-order chi connectivity index (χ0) is 17.8. The molecule has 26 heavy (non-hydrogen) atoms. The van der Waals surface area contributed by atoms with Gasteiger partial charge in [-0.15, -0.1) is 5.10 Å². The highest BCUT2D eigenvalue weighted by molar-refractivity contribution is 5.90. The second-order valence-electron chi connectivity index (χ2n) is 5.74. The number of carbonyl (C=O) groups excluding carboxylic acids is 1. The van der Waals surface area contributed by atoms with Gasteiger partial charge in [0.15, 0.2) is 0 Å². The molecule has 0 aliphatic heterocycles. The van der Waals surface area contributed by atoms with E-state index in [9.17, 15) is 4.79 Å². The van der Waals surface area contributed by atoms with Gasteiger partial charge in [0, 0.05) is 11.6 Å². The van der Waals surface area contributed by atoms with Crippen LogP contribution in [0.3, 0.4) is 0 Å². The first kappa shape index (κ1) is 15.8. The molecule has 0 unspecified atom stereocenters. The Balaban J connectivity index is 1.73. The van der Waals surface area contributed by atoms with Crippen LogP contribution in [0.2, 0.25) is 0 Å². The average Bonchev–Trinajstić information content (AvgIpc) is 3.14. The van der Waals surface area contributed by atoms with Gasteiger partial charge in [0.25, 0.3) is 0 Å². The Morgan fingerprint density at radius 1 is 0.769 bits per heavy atom. The molecule has 1 aromatic heterocycles. The Morgan fingerprint density at radius 3 is 2.00 bits per heavy atom. The summed E-state index contributed by atoms with van der Waals surface area (Å²) < 4.78 is 7.27. The van der Waals surface area contributed by atoms with Gasteiger partial charge >= 0.3 is 5.97 Å². The highest BCUT2D eigenvalue weighted by Gasteiger charge is 2.15. The van der Waals surface area contributed by atoms with Crippen molar-refractivity contribution in [2.75, 3.05) is 0 Å². The lowest BCUT2D eigenvalue weighted by atomic mass is 10.1. The van der Waals surface area contributed by atoms with Crippen molar-refractivity contribution in [3.05, 3.63) is 103 Å². The summed E-state index contributed by atoms with van der Waals surface area (Å²) in [5.74, 6) is -0.163. The molecule has 0 saturated carbocycles. The van der Waals surface area contributed by atoms with E-state index in [0.717, 1.165) is 16.9 Å². The van der Waals surface area contributed by atoms with Crippen molar-refractivity contribution >= 4 is 5.97 Å². The fourth-order valence-electron chi connectivity index (χ4n) is 2.72. The van der Waals surface area contributed by atoms with Crippen molar-refractivity contribution in [2.24, 2.45) is 0 Å². The molecule has 4 heteroatoms. The van der Waals surface area contributed by atoms with Gasteiger partial charge in [-0.2, -0.15) is 0 Å². The topological polar surface area (TPSA) is 44.1 Å². The molecule has 126 valence electrons. The second-order valence-corrected chi connectivity index (χ2v) is 5.74. The van der Waals surface area contributed by atoms with E-state index in [4.69, 9.17) is 4.74 Å². The number of rotatable bonds is 4. The molecule has 3 aromatic carbocycles. The van der Waals surface area contributed by atoms with Crippen molar-refractivity contribution in [2.45, 2.75) is 0 Å². The third kappa shape index (κ3) is 3.26. The van der Waals surface area contributed by atoms with Gasteiger partial charge in [0.2, 0.25) is 5.88 Å². The number of para-hydroxylation sites is 1. The van der Waals surface area contributed by atoms with Crippen molar-refractivity contribution in [1.82, 2.24) is 9.78 Å². The molecule has 0 fully saturated rings. The summed E-state index contributed by atoms with van der Waals surface area (Å²) in [6.07, 6.45) is 0. The minimum atomic E-state index is -0.428. The van der Waals surface area contributed by atoms with E-state index in [0.29, 0.717) is 5.56 Å². The van der Waals surface area contributed by atoms with Gasteiger partial charge in [-0.3, -0.25) is 0 Å². The molecule has 0 saturated heterocycles. The molecular formula is C22H16N2O2. The number of nitrogens with zero attached hydrogens (tertiary/aromatic N) is 2. The van der Waals surface area contributed by atoms with Crippen LogP contribution >= 0.6 is 0 Å². The molecule has 0 bridgehead atoms. The predicted octanol–water partition coefficient (Wildman–Crippen LogP) is 4.76. The third-order valence-corrected chi connectivity index (χ3v) is 3.96.